The molecule has 1 aliphatic heterocycles. The van der Waals surface area contributed by atoms with E-state index in [2.05, 4.69) is 20.7 Å². The second-order valence-electron chi connectivity index (χ2n) is 8.34. The van der Waals surface area contributed by atoms with E-state index in [1.165, 1.54) is 16.9 Å². The van der Waals surface area contributed by atoms with Crippen molar-refractivity contribution in [2.75, 3.05) is 18.5 Å². The number of alkyl halides is 3. The number of ether oxygens (including phenoxy) is 2. The molecule has 1 aliphatic rings. The fourth-order valence-electron chi connectivity index (χ4n) is 3.72. The molecular weight excluding hydrogens is 459 g/mol. The monoisotopic (exact) mass is 481 g/mol. The van der Waals surface area contributed by atoms with E-state index in [1.54, 1.807) is 6.07 Å². The Morgan fingerprint density at radius 2 is 1.66 bits per heavy atom. The van der Waals surface area contributed by atoms with Crippen LogP contribution >= 0.6 is 0 Å². The van der Waals surface area contributed by atoms with Crippen LogP contribution in [0.5, 0.6) is 0 Å². The van der Waals surface area contributed by atoms with Crippen LogP contribution in [-0.4, -0.2) is 39.0 Å². The minimum absolute atomic E-state index is 0.376. The van der Waals surface area contributed by atoms with Crippen molar-refractivity contribution < 1.29 is 22.6 Å². The second kappa shape index (κ2) is 9.47. The highest BCUT2D eigenvalue weighted by atomic mass is 19.4. The number of aromatic nitrogens is 4. The summed E-state index contributed by atoms with van der Waals surface area (Å²) in [6.07, 6.45) is -4.38. The molecule has 0 saturated carbocycles. The number of para-hydroxylation sites is 1. The predicted molar refractivity (Wildman–Crippen MR) is 123 cm³/mol. The maximum atomic E-state index is 12.9. The number of nitrogens with zero attached hydrogens (tertiary/aromatic N) is 4. The summed E-state index contributed by atoms with van der Waals surface area (Å²) in [5, 5.41) is 16.0. The molecule has 0 unspecified atom stereocenters. The zero-order valence-corrected chi connectivity index (χ0v) is 18.6. The molecule has 0 amide bonds. The van der Waals surface area contributed by atoms with Crippen LogP contribution < -0.4 is 5.32 Å². The van der Waals surface area contributed by atoms with Crippen LogP contribution in [0.4, 0.5) is 24.5 Å². The lowest BCUT2D eigenvalue weighted by molar-refractivity contribution is -0.224. The zero-order chi connectivity index (χ0) is 24.3. The molecule has 35 heavy (non-hydrogen) atoms. The maximum Gasteiger partial charge on any atom is 0.416 e. The quantitative estimate of drug-likeness (QED) is 0.378. The van der Waals surface area contributed by atoms with Gasteiger partial charge in [-0.25, -0.2) is 0 Å². The molecule has 2 heterocycles. The van der Waals surface area contributed by atoms with Gasteiger partial charge in [0.2, 0.25) is 5.82 Å². The van der Waals surface area contributed by atoms with Gasteiger partial charge in [-0.3, -0.25) is 0 Å². The van der Waals surface area contributed by atoms with Crippen LogP contribution in [0.1, 0.15) is 11.1 Å². The van der Waals surface area contributed by atoms with Crippen molar-refractivity contribution in [3.63, 3.8) is 0 Å². The predicted octanol–water partition coefficient (Wildman–Crippen LogP) is 5.09. The normalized spacial score (nSPS) is 14.9. The van der Waals surface area contributed by atoms with Crippen LogP contribution in [0, 0.1) is 0 Å². The third-order valence-electron chi connectivity index (χ3n) is 5.66. The van der Waals surface area contributed by atoms with Gasteiger partial charge in [-0.1, -0.05) is 42.5 Å². The smallest absolute Gasteiger partial charge is 0.375 e. The molecule has 5 rings (SSSR count). The summed E-state index contributed by atoms with van der Waals surface area (Å²) < 4.78 is 50.1. The van der Waals surface area contributed by atoms with E-state index < -0.39 is 17.3 Å². The lowest BCUT2D eigenvalue weighted by atomic mass is 10.0. The lowest BCUT2D eigenvalue weighted by Gasteiger charge is -2.40. The van der Waals surface area contributed by atoms with Crippen molar-refractivity contribution in [2.45, 2.75) is 24.9 Å². The van der Waals surface area contributed by atoms with Gasteiger partial charge in [0.15, 0.2) is 0 Å². The summed E-state index contributed by atoms with van der Waals surface area (Å²) in [6.45, 7) is 1.69. The number of anilines is 2. The number of hydrogen-bond donors (Lipinski definition) is 1. The highest BCUT2D eigenvalue weighted by Crippen LogP contribution is 2.32. The van der Waals surface area contributed by atoms with Crippen molar-refractivity contribution >= 4 is 11.4 Å². The van der Waals surface area contributed by atoms with Crippen molar-refractivity contribution in [1.82, 2.24) is 20.2 Å². The molecule has 4 aromatic rings. The first kappa shape index (κ1) is 23.0. The number of nitrogens with one attached hydrogen (secondary N) is 1. The van der Waals surface area contributed by atoms with Crippen LogP contribution in [0.25, 0.3) is 11.4 Å². The van der Waals surface area contributed by atoms with Gasteiger partial charge < -0.3 is 14.8 Å². The average Bonchev–Trinajstić information content (AvgIpc) is 3.30. The summed E-state index contributed by atoms with van der Waals surface area (Å²) in [4.78, 5) is 1.48. The van der Waals surface area contributed by atoms with Gasteiger partial charge in [-0.05, 0) is 47.2 Å². The first-order chi connectivity index (χ1) is 16.9. The zero-order valence-electron chi connectivity index (χ0n) is 18.6. The first-order valence-corrected chi connectivity index (χ1v) is 11.0. The number of rotatable bonds is 8. The molecule has 0 bridgehead atoms. The summed E-state index contributed by atoms with van der Waals surface area (Å²) in [5.74, 6) is 0.387. The molecular formula is C25H22F3N5O2. The number of tetrazole rings is 1. The van der Waals surface area contributed by atoms with Gasteiger partial charge in [0.25, 0.3) is 0 Å². The SMILES string of the molecule is FC(F)(F)c1ccc(Nc2ccccc2-c2nnn(CC3(OCc4ccccc4)COC3)n2)cc1. The Bertz CT molecular complexity index is 1270. The van der Waals surface area contributed by atoms with Crippen molar-refractivity contribution in [1.29, 1.82) is 0 Å². The standard InChI is InChI=1S/C25H22F3N5O2/c26-25(27,28)19-10-12-20(13-11-19)29-22-9-5-4-8-21(22)23-30-32-33(31-23)15-24(16-34-17-24)35-14-18-6-2-1-3-7-18/h1-13,29H,14-17H2. The van der Waals surface area contributed by atoms with Gasteiger partial charge in [-0.2, -0.15) is 18.0 Å². The van der Waals surface area contributed by atoms with Crippen LogP contribution in [-0.2, 0) is 28.8 Å². The molecule has 1 saturated heterocycles. The molecule has 180 valence electrons. The van der Waals surface area contributed by atoms with E-state index in [9.17, 15) is 13.2 Å². The van der Waals surface area contributed by atoms with Gasteiger partial charge in [0.1, 0.15) is 5.60 Å². The Balaban J connectivity index is 1.30. The molecule has 1 aromatic heterocycles. The van der Waals surface area contributed by atoms with Gasteiger partial charge in [0.05, 0.1) is 31.9 Å². The third kappa shape index (κ3) is 5.33. The van der Waals surface area contributed by atoms with E-state index in [1.807, 2.05) is 48.5 Å². The van der Waals surface area contributed by atoms with E-state index in [0.717, 1.165) is 17.7 Å². The largest absolute Gasteiger partial charge is 0.416 e. The Labute approximate surface area is 199 Å². The fraction of sp³-hybridized carbons (Fsp3) is 0.240. The molecule has 1 fully saturated rings. The van der Waals surface area contributed by atoms with Crippen molar-refractivity contribution in [3.05, 3.63) is 90.0 Å². The highest BCUT2D eigenvalue weighted by Gasteiger charge is 2.41. The molecule has 3 aromatic carbocycles. The third-order valence-corrected chi connectivity index (χ3v) is 5.66. The van der Waals surface area contributed by atoms with E-state index in [-0.39, 0.29) is 0 Å². The lowest BCUT2D eigenvalue weighted by Crippen LogP contribution is -2.55. The molecule has 0 atom stereocenters. The van der Waals surface area contributed by atoms with E-state index >= 15 is 0 Å². The summed E-state index contributed by atoms with van der Waals surface area (Å²) >= 11 is 0. The van der Waals surface area contributed by atoms with Crippen LogP contribution in [0.2, 0.25) is 0 Å². The average molecular weight is 481 g/mol. The van der Waals surface area contributed by atoms with Crippen molar-refractivity contribution in [2.24, 2.45) is 0 Å². The minimum Gasteiger partial charge on any atom is -0.375 e. The fourth-order valence-corrected chi connectivity index (χ4v) is 3.72. The molecule has 1 N–H and O–H groups in total. The topological polar surface area (TPSA) is 74.1 Å². The summed E-state index contributed by atoms with van der Waals surface area (Å²) in [7, 11) is 0. The molecule has 0 aliphatic carbocycles. The van der Waals surface area contributed by atoms with Crippen LogP contribution in [0.15, 0.2) is 78.9 Å². The van der Waals surface area contributed by atoms with Crippen LogP contribution in [0.3, 0.4) is 0 Å². The number of halogens is 3. The summed E-state index contributed by atoms with van der Waals surface area (Å²) in [5.41, 5.74) is 1.65. The van der Waals surface area contributed by atoms with Gasteiger partial charge >= 0.3 is 6.18 Å². The maximum absolute atomic E-state index is 12.9. The number of benzene rings is 3. The Kier molecular flexibility index (Phi) is 6.23. The second-order valence-corrected chi connectivity index (χ2v) is 8.34. The molecule has 10 heteroatoms. The van der Waals surface area contributed by atoms with Gasteiger partial charge in [0, 0.05) is 16.9 Å². The van der Waals surface area contributed by atoms with E-state index in [0.29, 0.717) is 49.1 Å². The summed E-state index contributed by atoms with van der Waals surface area (Å²) in [6, 6.07) is 22.0. The molecule has 0 radical (unpaired) electrons. The van der Waals surface area contributed by atoms with E-state index in [4.69, 9.17) is 9.47 Å². The first-order valence-electron chi connectivity index (χ1n) is 11.0. The highest BCUT2D eigenvalue weighted by molar-refractivity contribution is 5.77. The minimum atomic E-state index is -4.38. The number of hydrogen-bond acceptors (Lipinski definition) is 6. The molecule has 0 spiro atoms. The Morgan fingerprint density at radius 3 is 2.34 bits per heavy atom. The molecule has 7 nitrogen and oxygen atoms in total. The van der Waals surface area contributed by atoms with Gasteiger partial charge in [-0.15, -0.1) is 10.2 Å². The Morgan fingerprint density at radius 1 is 0.943 bits per heavy atom. The Hall–Kier alpha value is -3.76. The van der Waals surface area contributed by atoms with Crippen molar-refractivity contribution in [3.8, 4) is 11.4 Å².